The molecule has 4 nitrogen and oxygen atoms in total. The summed E-state index contributed by atoms with van der Waals surface area (Å²) in [5.74, 6) is -0.913. The molecule has 0 saturated heterocycles. The maximum Gasteiger partial charge on any atom is 0.252 e. The van der Waals surface area contributed by atoms with Crippen molar-refractivity contribution in [2.45, 2.75) is 13.5 Å². The third kappa shape index (κ3) is 2.91. The van der Waals surface area contributed by atoms with E-state index in [4.69, 9.17) is 0 Å². The van der Waals surface area contributed by atoms with Crippen molar-refractivity contribution in [2.24, 2.45) is 0 Å². The summed E-state index contributed by atoms with van der Waals surface area (Å²) >= 11 is 0. The predicted molar refractivity (Wildman–Crippen MR) is 63.3 cm³/mol. The number of benzene rings is 1. The Labute approximate surface area is 102 Å². The molecule has 94 valence electrons. The number of rotatable bonds is 3. The van der Waals surface area contributed by atoms with Crippen LogP contribution in [0.1, 0.15) is 11.4 Å². The molecule has 0 bridgehead atoms. The second kappa shape index (κ2) is 4.95. The van der Waals surface area contributed by atoms with Crippen LogP contribution in [0.2, 0.25) is 0 Å². The topological polar surface area (TPSA) is 57.8 Å². The molecule has 0 aliphatic heterocycles. The van der Waals surface area contributed by atoms with E-state index in [9.17, 15) is 13.6 Å². The molecule has 0 atom stereocenters. The number of aryl methyl sites for hydroxylation is 1. The zero-order valence-electron chi connectivity index (χ0n) is 9.63. The summed E-state index contributed by atoms with van der Waals surface area (Å²) in [6, 6.07) is 4.92. The molecule has 0 fully saturated rings. The highest BCUT2D eigenvalue weighted by Gasteiger charge is 2.03. The molecule has 0 aliphatic carbocycles. The lowest BCUT2D eigenvalue weighted by Crippen LogP contribution is -2.11. The van der Waals surface area contributed by atoms with Gasteiger partial charge in [-0.25, -0.2) is 13.8 Å². The second-order valence-electron chi connectivity index (χ2n) is 3.82. The predicted octanol–water partition coefficient (Wildman–Crippen LogP) is 1.97. The Hall–Kier alpha value is -2.24. The van der Waals surface area contributed by atoms with Crippen molar-refractivity contribution in [3.8, 4) is 0 Å². The van der Waals surface area contributed by atoms with Gasteiger partial charge in [-0.05, 0) is 24.6 Å². The summed E-state index contributed by atoms with van der Waals surface area (Å²) in [4.78, 5) is 17.7. The van der Waals surface area contributed by atoms with E-state index >= 15 is 0 Å². The van der Waals surface area contributed by atoms with Crippen molar-refractivity contribution >= 4 is 5.82 Å². The van der Waals surface area contributed by atoms with Crippen molar-refractivity contribution in [3.05, 3.63) is 57.6 Å². The molecule has 1 aromatic carbocycles. The zero-order valence-corrected chi connectivity index (χ0v) is 9.63. The molecule has 0 radical (unpaired) electrons. The van der Waals surface area contributed by atoms with Crippen LogP contribution in [0.3, 0.4) is 0 Å². The Morgan fingerprint density at radius 3 is 2.72 bits per heavy atom. The van der Waals surface area contributed by atoms with E-state index in [1.165, 1.54) is 12.1 Å². The van der Waals surface area contributed by atoms with Crippen LogP contribution in [0.4, 0.5) is 14.6 Å². The van der Waals surface area contributed by atoms with Gasteiger partial charge in [-0.1, -0.05) is 6.07 Å². The quantitative estimate of drug-likeness (QED) is 0.876. The first kappa shape index (κ1) is 12.2. The number of H-pyrrole nitrogens is 1. The van der Waals surface area contributed by atoms with E-state index in [0.29, 0.717) is 17.2 Å². The number of halogens is 2. The molecule has 6 heteroatoms. The molecular weight excluding hydrogens is 240 g/mol. The maximum atomic E-state index is 13.0. The Morgan fingerprint density at radius 2 is 2.06 bits per heavy atom. The zero-order chi connectivity index (χ0) is 13.1. The molecular formula is C12H11F2N3O. The summed E-state index contributed by atoms with van der Waals surface area (Å²) in [5, 5.41) is 2.87. The van der Waals surface area contributed by atoms with E-state index in [2.05, 4.69) is 15.3 Å². The lowest BCUT2D eigenvalue weighted by molar-refractivity contribution is 0.507. The van der Waals surface area contributed by atoms with Gasteiger partial charge in [0.1, 0.15) is 11.6 Å². The Kier molecular flexibility index (Phi) is 3.36. The third-order valence-corrected chi connectivity index (χ3v) is 2.32. The van der Waals surface area contributed by atoms with Crippen LogP contribution in [0.5, 0.6) is 0 Å². The van der Waals surface area contributed by atoms with E-state index in [0.717, 1.165) is 12.1 Å². The molecule has 0 spiro atoms. The van der Waals surface area contributed by atoms with Gasteiger partial charge in [-0.2, -0.15) is 0 Å². The molecule has 2 aromatic rings. The van der Waals surface area contributed by atoms with Gasteiger partial charge in [0.25, 0.3) is 5.56 Å². The van der Waals surface area contributed by atoms with Gasteiger partial charge in [-0.3, -0.25) is 4.79 Å². The second-order valence-corrected chi connectivity index (χ2v) is 3.82. The molecule has 2 N–H and O–H groups in total. The molecule has 0 amide bonds. The van der Waals surface area contributed by atoms with Gasteiger partial charge in [0, 0.05) is 12.6 Å². The first-order valence-electron chi connectivity index (χ1n) is 5.30. The number of hydrogen-bond acceptors (Lipinski definition) is 3. The fraction of sp³-hybridized carbons (Fsp3) is 0.167. The van der Waals surface area contributed by atoms with Crippen molar-refractivity contribution in [1.29, 1.82) is 0 Å². The van der Waals surface area contributed by atoms with Crippen molar-refractivity contribution in [1.82, 2.24) is 9.97 Å². The SMILES string of the molecule is Cc1nc(NCc2ccc(F)c(F)c2)cc(=O)[nH]1. The minimum atomic E-state index is -0.899. The normalized spacial score (nSPS) is 10.4. The summed E-state index contributed by atoms with van der Waals surface area (Å²) in [6.07, 6.45) is 0. The highest BCUT2D eigenvalue weighted by molar-refractivity contribution is 5.34. The van der Waals surface area contributed by atoms with E-state index < -0.39 is 11.6 Å². The van der Waals surface area contributed by atoms with E-state index in [1.54, 1.807) is 6.92 Å². The Bertz CT molecular complexity index is 625. The highest BCUT2D eigenvalue weighted by atomic mass is 19.2. The van der Waals surface area contributed by atoms with E-state index in [-0.39, 0.29) is 12.1 Å². The molecule has 0 saturated carbocycles. The van der Waals surface area contributed by atoms with Crippen LogP contribution < -0.4 is 10.9 Å². The molecule has 0 unspecified atom stereocenters. The van der Waals surface area contributed by atoms with Gasteiger partial charge >= 0.3 is 0 Å². The van der Waals surface area contributed by atoms with Gasteiger partial charge in [0.05, 0.1) is 0 Å². The molecule has 0 aliphatic rings. The van der Waals surface area contributed by atoms with Crippen LogP contribution in [-0.4, -0.2) is 9.97 Å². The summed E-state index contributed by atoms with van der Waals surface area (Å²) in [6.45, 7) is 1.91. The highest BCUT2D eigenvalue weighted by Crippen LogP contribution is 2.10. The maximum absolute atomic E-state index is 13.0. The number of hydrogen-bond donors (Lipinski definition) is 2. The number of nitrogens with one attached hydrogen (secondary N) is 2. The molecule has 2 rings (SSSR count). The first-order valence-corrected chi connectivity index (χ1v) is 5.30. The molecule has 18 heavy (non-hydrogen) atoms. The van der Waals surface area contributed by atoms with E-state index in [1.807, 2.05) is 0 Å². The van der Waals surface area contributed by atoms with Crippen LogP contribution >= 0.6 is 0 Å². The lowest BCUT2D eigenvalue weighted by atomic mass is 10.2. The van der Waals surface area contributed by atoms with Crippen LogP contribution in [0.15, 0.2) is 29.1 Å². The van der Waals surface area contributed by atoms with Crippen molar-refractivity contribution in [3.63, 3.8) is 0 Å². The average Bonchev–Trinajstić information content (AvgIpc) is 2.29. The van der Waals surface area contributed by atoms with Gasteiger partial charge in [-0.15, -0.1) is 0 Å². The van der Waals surface area contributed by atoms with Crippen molar-refractivity contribution in [2.75, 3.05) is 5.32 Å². The number of aromatic amines is 1. The number of nitrogens with zero attached hydrogens (tertiary/aromatic N) is 1. The Morgan fingerprint density at radius 1 is 1.28 bits per heavy atom. The molecule has 1 heterocycles. The summed E-state index contributed by atoms with van der Waals surface area (Å²) in [5.41, 5.74) is 0.295. The average molecular weight is 251 g/mol. The van der Waals surface area contributed by atoms with Gasteiger partial charge in [0.2, 0.25) is 0 Å². The number of aromatic nitrogens is 2. The summed E-state index contributed by atoms with van der Waals surface area (Å²) < 4.78 is 25.7. The van der Waals surface area contributed by atoms with Gasteiger partial charge < -0.3 is 10.3 Å². The van der Waals surface area contributed by atoms with Crippen LogP contribution in [-0.2, 0) is 6.54 Å². The minimum absolute atomic E-state index is 0.257. The van der Waals surface area contributed by atoms with Gasteiger partial charge in [0.15, 0.2) is 11.6 Å². The summed E-state index contributed by atoms with van der Waals surface area (Å²) in [7, 11) is 0. The number of anilines is 1. The van der Waals surface area contributed by atoms with Crippen LogP contribution in [0.25, 0.3) is 0 Å². The third-order valence-electron chi connectivity index (χ3n) is 2.32. The fourth-order valence-electron chi connectivity index (χ4n) is 1.51. The minimum Gasteiger partial charge on any atom is -0.366 e. The standard InChI is InChI=1S/C12H11F2N3O/c1-7-16-11(5-12(18)17-7)15-6-8-2-3-9(13)10(14)4-8/h2-5H,6H2,1H3,(H2,15,16,17,18). The smallest absolute Gasteiger partial charge is 0.252 e. The Balaban J connectivity index is 2.11. The largest absolute Gasteiger partial charge is 0.366 e. The van der Waals surface area contributed by atoms with Crippen LogP contribution in [0, 0.1) is 18.6 Å². The first-order chi connectivity index (χ1) is 8.54. The monoisotopic (exact) mass is 251 g/mol. The fourth-order valence-corrected chi connectivity index (χ4v) is 1.51. The lowest BCUT2D eigenvalue weighted by Gasteiger charge is -2.06. The van der Waals surface area contributed by atoms with Crippen molar-refractivity contribution < 1.29 is 8.78 Å². The molecule has 1 aromatic heterocycles.